The summed E-state index contributed by atoms with van der Waals surface area (Å²) >= 11 is 0. The Hall–Kier alpha value is -0.640. The predicted molar refractivity (Wildman–Crippen MR) is 110 cm³/mol. The molecule has 0 aromatic rings. The van der Waals surface area contributed by atoms with Crippen LogP contribution in [0.5, 0.6) is 0 Å². The summed E-state index contributed by atoms with van der Waals surface area (Å²) < 4.78 is 31.5. The van der Waals surface area contributed by atoms with Gasteiger partial charge in [-0.2, -0.15) is 0 Å². The molecule has 6 heteroatoms. The minimum atomic E-state index is -3.69. The standard InChI is InChI=1S/C22H37O5P/c1-7-25-28(24,26-8-2)22(13-10-9-11-16(22)3)19(23)27-18-15-17-12-14-21(18,6)20(17,4)5/h9,11,16-18H,7-8,10,12-15H2,1-6H3/t16-,17+,18-,21-,22-/m1/s1. The van der Waals surface area contributed by atoms with Crippen LogP contribution in [0.25, 0.3) is 0 Å². The molecule has 160 valence electrons. The number of ether oxygens (including phenoxy) is 1. The summed E-state index contributed by atoms with van der Waals surface area (Å²) in [6, 6.07) is 0. The lowest BCUT2D eigenvalue weighted by Gasteiger charge is -2.44. The molecule has 0 saturated heterocycles. The van der Waals surface area contributed by atoms with Gasteiger partial charge in [-0.1, -0.05) is 39.8 Å². The van der Waals surface area contributed by atoms with Gasteiger partial charge in [-0.15, -0.1) is 0 Å². The van der Waals surface area contributed by atoms with Crippen molar-refractivity contribution in [2.45, 2.75) is 84.9 Å². The number of allylic oxidation sites excluding steroid dienone is 2. The van der Waals surface area contributed by atoms with E-state index < -0.39 is 18.7 Å². The monoisotopic (exact) mass is 412 g/mol. The molecule has 0 amide bonds. The predicted octanol–water partition coefficient (Wildman–Crippen LogP) is 5.74. The molecule has 3 aliphatic carbocycles. The van der Waals surface area contributed by atoms with Gasteiger partial charge in [-0.25, -0.2) is 0 Å². The Bertz CT molecular complexity index is 676. The van der Waals surface area contributed by atoms with E-state index in [0.29, 0.717) is 18.8 Å². The van der Waals surface area contributed by atoms with Crippen LogP contribution in [0.4, 0.5) is 0 Å². The average Bonchev–Trinajstić information content (AvgIpc) is 2.96. The second-order valence-corrected chi connectivity index (χ2v) is 11.8. The third-order valence-corrected chi connectivity index (χ3v) is 11.3. The number of hydrogen-bond donors (Lipinski definition) is 0. The van der Waals surface area contributed by atoms with Gasteiger partial charge in [-0.05, 0) is 57.3 Å². The molecular formula is C22H37O5P. The number of carbonyl (C=O) groups excluding carboxylic acids is 1. The van der Waals surface area contributed by atoms with Crippen molar-refractivity contribution in [2.75, 3.05) is 13.2 Å². The Morgan fingerprint density at radius 1 is 1.14 bits per heavy atom. The highest BCUT2D eigenvalue weighted by Crippen LogP contribution is 2.69. The summed E-state index contributed by atoms with van der Waals surface area (Å²) in [5.74, 6) is -0.0956. The average molecular weight is 413 g/mol. The van der Waals surface area contributed by atoms with Gasteiger partial charge in [0.2, 0.25) is 0 Å². The molecule has 0 N–H and O–H groups in total. The van der Waals surface area contributed by atoms with Crippen molar-refractivity contribution in [3.8, 4) is 0 Å². The molecule has 0 aromatic carbocycles. The minimum absolute atomic E-state index is 0.0382. The van der Waals surface area contributed by atoms with Crippen LogP contribution in [0, 0.1) is 22.7 Å². The van der Waals surface area contributed by atoms with Gasteiger partial charge in [0, 0.05) is 11.3 Å². The van der Waals surface area contributed by atoms with E-state index in [1.165, 1.54) is 6.42 Å². The van der Waals surface area contributed by atoms with Gasteiger partial charge in [0.15, 0.2) is 5.16 Å². The quantitative estimate of drug-likeness (QED) is 0.303. The first-order valence-corrected chi connectivity index (χ1v) is 12.4. The van der Waals surface area contributed by atoms with E-state index in [2.05, 4.69) is 20.8 Å². The van der Waals surface area contributed by atoms with Crippen LogP contribution < -0.4 is 0 Å². The molecule has 2 saturated carbocycles. The van der Waals surface area contributed by atoms with E-state index in [9.17, 15) is 9.36 Å². The molecule has 0 unspecified atom stereocenters. The Balaban J connectivity index is 1.95. The molecule has 5 atom stereocenters. The largest absolute Gasteiger partial charge is 0.461 e. The van der Waals surface area contributed by atoms with E-state index in [1.807, 2.05) is 19.1 Å². The summed E-state index contributed by atoms with van der Waals surface area (Å²) in [5, 5.41) is -1.27. The van der Waals surface area contributed by atoms with Crippen molar-refractivity contribution in [3.05, 3.63) is 12.2 Å². The molecular weight excluding hydrogens is 375 g/mol. The number of hydrogen-bond acceptors (Lipinski definition) is 5. The summed E-state index contributed by atoms with van der Waals surface area (Å²) in [4.78, 5) is 13.7. The van der Waals surface area contributed by atoms with Crippen LogP contribution in [-0.4, -0.2) is 30.4 Å². The first-order valence-electron chi connectivity index (χ1n) is 10.9. The Kier molecular flexibility index (Phi) is 5.95. The lowest BCUT2D eigenvalue weighted by atomic mass is 9.70. The highest BCUT2D eigenvalue weighted by molar-refractivity contribution is 7.56. The highest BCUT2D eigenvalue weighted by atomic mass is 31.2. The molecule has 3 aliphatic rings. The van der Waals surface area contributed by atoms with Crippen LogP contribution in [0.2, 0.25) is 0 Å². The van der Waals surface area contributed by atoms with Gasteiger partial charge in [0.1, 0.15) is 6.10 Å². The molecule has 2 fully saturated rings. The number of fused-ring (bicyclic) bond motifs is 2. The number of rotatable bonds is 7. The van der Waals surface area contributed by atoms with Crippen molar-refractivity contribution in [3.63, 3.8) is 0 Å². The lowest BCUT2D eigenvalue weighted by molar-refractivity contribution is -0.162. The third kappa shape index (κ3) is 2.96. The summed E-state index contributed by atoms with van der Waals surface area (Å²) in [6.45, 7) is 12.8. The molecule has 0 aromatic heterocycles. The minimum Gasteiger partial charge on any atom is -0.461 e. The topological polar surface area (TPSA) is 61.8 Å². The molecule has 0 heterocycles. The Morgan fingerprint density at radius 2 is 1.79 bits per heavy atom. The fourth-order valence-electron chi connectivity index (χ4n) is 5.92. The summed E-state index contributed by atoms with van der Waals surface area (Å²) in [5.41, 5.74) is 0.107. The smallest absolute Gasteiger partial charge is 0.348 e. The van der Waals surface area contributed by atoms with Gasteiger partial charge in [-0.3, -0.25) is 9.36 Å². The molecule has 0 spiro atoms. The second-order valence-electron chi connectivity index (χ2n) is 9.52. The van der Waals surface area contributed by atoms with E-state index in [-0.39, 0.29) is 36.1 Å². The van der Waals surface area contributed by atoms with Crippen LogP contribution in [0.3, 0.4) is 0 Å². The van der Waals surface area contributed by atoms with Crippen molar-refractivity contribution >= 4 is 13.6 Å². The summed E-state index contributed by atoms with van der Waals surface area (Å²) in [6.07, 6.45) is 8.11. The molecule has 0 radical (unpaired) electrons. The van der Waals surface area contributed by atoms with E-state index in [4.69, 9.17) is 13.8 Å². The Labute approximate surface area is 170 Å². The van der Waals surface area contributed by atoms with Gasteiger partial charge < -0.3 is 13.8 Å². The SMILES string of the molecule is CCOP(=O)(OCC)[C@]1(C(=O)O[C@@H]2C[C@@H]3CC[C@@]2(C)C3(C)C)CCC=C[C@H]1C. The molecule has 28 heavy (non-hydrogen) atoms. The maximum atomic E-state index is 13.9. The zero-order valence-corrected chi connectivity index (χ0v) is 19.2. The van der Waals surface area contributed by atoms with Crippen LogP contribution >= 0.6 is 7.60 Å². The van der Waals surface area contributed by atoms with Crippen molar-refractivity contribution in [1.29, 1.82) is 0 Å². The maximum Gasteiger partial charge on any atom is 0.348 e. The molecule has 5 nitrogen and oxygen atoms in total. The highest BCUT2D eigenvalue weighted by Gasteiger charge is 2.66. The van der Waals surface area contributed by atoms with Crippen LogP contribution in [0.1, 0.15) is 73.6 Å². The van der Waals surface area contributed by atoms with Crippen molar-refractivity contribution in [2.24, 2.45) is 22.7 Å². The van der Waals surface area contributed by atoms with Gasteiger partial charge >= 0.3 is 13.6 Å². The second kappa shape index (κ2) is 7.56. The first-order chi connectivity index (χ1) is 13.1. The zero-order valence-electron chi connectivity index (χ0n) is 18.3. The zero-order chi connectivity index (χ0) is 20.8. The molecule has 2 bridgehead atoms. The van der Waals surface area contributed by atoms with Crippen molar-refractivity contribution < 1.29 is 23.1 Å². The summed E-state index contributed by atoms with van der Waals surface area (Å²) in [7, 11) is -3.69. The third-order valence-electron chi connectivity index (χ3n) is 8.27. The van der Waals surface area contributed by atoms with Gasteiger partial charge in [0.05, 0.1) is 13.2 Å². The lowest BCUT2D eigenvalue weighted by Crippen LogP contribution is -2.50. The van der Waals surface area contributed by atoms with Crippen LogP contribution in [0.15, 0.2) is 12.2 Å². The number of carbonyl (C=O) groups is 1. The molecule has 0 aliphatic heterocycles. The molecule has 3 rings (SSSR count). The first kappa shape index (κ1) is 22.1. The Morgan fingerprint density at radius 3 is 2.25 bits per heavy atom. The fraction of sp³-hybridized carbons (Fsp3) is 0.864. The van der Waals surface area contributed by atoms with Crippen LogP contribution in [-0.2, 0) is 23.1 Å². The normalized spacial score (nSPS) is 39.3. The fourth-order valence-corrected chi connectivity index (χ4v) is 8.40. The maximum absolute atomic E-state index is 13.9. The van der Waals surface area contributed by atoms with E-state index in [1.54, 1.807) is 13.8 Å². The van der Waals surface area contributed by atoms with Gasteiger partial charge in [0.25, 0.3) is 0 Å². The van der Waals surface area contributed by atoms with E-state index in [0.717, 1.165) is 12.8 Å². The van der Waals surface area contributed by atoms with Crippen molar-refractivity contribution in [1.82, 2.24) is 0 Å². The van der Waals surface area contributed by atoms with E-state index >= 15 is 0 Å². The number of esters is 1.